The van der Waals surface area contributed by atoms with Crippen molar-refractivity contribution in [2.45, 2.75) is 51.4 Å². The first kappa shape index (κ1) is 16.3. The molecule has 1 saturated heterocycles. The van der Waals surface area contributed by atoms with Crippen LogP contribution in [0.2, 0.25) is 0 Å². The highest BCUT2D eigenvalue weighted by atomic mass is 19.4. The second kappa shape index (κ2) is 7.11. The van der Waals surface area contributed by atoms with Crippen LogP contribution in [0.4, 0.5) is 13.2 Å². The molecule has 2 unspecified atom stereocenters. The predicted molar refractivity (Wildman–Crippen MR) is 67.5 cm³/mol. The highest BCUT2D eigenvalue weighted by molar-refractivity contribution is 4.92. The summed E-state index contributed by atoms with van der Waals surface area (Å²) < 4.78 is 38.0. The topological polar surface area (TPSA) is 39.1 Å². The van der Waals surface area contributed by atoms with Gasteiger partial charge in [-0.15, -0.1) is 0 Å². The number of hydrogen-bond donors (Lipinski definition) is 1. The van der Waals surface area contributed by atoms with Crippen LogP contribution in [0.1, 0.15) is 33.1 Å². The predicted octanol–water partition coefficient (Wildman–Crippen LogP) is 2.54. The Morgan fingerprint density at radius 2 is 2.05 bits per heavy atom. The van der Waals surface area contributed by atoms with Crippen LogP contribution >= 0.6 is 0 Å². The lowest BCUT2D eigenvalue weighted by Gasteiger charge is -2.34. The molecule has 1 rings (SSSR count). The first-order valence-electron chi connectivity index (χ1n) is 6.78. The van der Waals surface area contributed by atoms with Crippen LogP contribution < -0.4 is 5.32 Å². The Hall–Kier alpha value is -0.800. The van der Waals surface area contributed by atoms with E-state index >= 15 is 0 Å². The third kappa shape index (κ3) is 5.37. The zero-order valence-corrected chi connectivity index (χ0v) is 11.5. The smallest absolute Gasteiger partial charge is 0.313 e. The zero-order chi connectivity index (χ0) is 14.5. The number of alkyl halides is 3. The maximum absolute atomic E-state index is 12.7. The summed E-state index contributed by atoms with van der Waals surface area (Å²) in [6, 6.07) is 1.62. The summed E-state index contributed by atoms with van der Waals surface area (Å²) in [5, 5.41) is 12.0. The van der Waals surface area contributed by atoms with E-state index in [0.29, 0.717) is 6.54 Å². The quantitative estimate of drug-likeness (QED) is 0.839. The van der Waals surface area contributed by atoms with Crippen LogP contribution in [0.15, 0.2) is 0 Å². The molecule has 0 amide bonds. The van der Waals surface area contributed by atoms with Crippen molar-refractivity contribution >= 4 is 0 Å². The molecule has 1 aliphatic rings. The van der Waals surface area contributed by atoms with Crippen LogP contribution in [0.5, 0.6) is 0 Å². The number of rotatable bonds is 5. The van der Waals surface area contributed by atoms with Crippen molar-refractivity contribution in [3.05, 3.63) is 0 Å². The monoisotopic (exact) mass is 277 g/mol. The average molecular weight is 277 g/mol. The lowest BCUT2D eigenvalue weighted by atomic mass is 10.0. The molecule has 3 nitrogen and oxygen atoms in total. The van der Waals surface area contributed by atoms with Gasteiger partial charge < -0.3 is 5.32 Å². The number of piperidine rings is 1. The number of nitrogens with zero attached hydrogens (tertiary/aromatic N) is 2. The lowest BCUT2D eigenvalue weighted by Crippen LogP contribution is -2.48. The number of halogens is 3. The maximum Gasteiger partial charge on any atom is 0.405 e. The molecule has 6 heteroatoms. The zero-order valence-electron chi connectivity index (χ0n) is 11.5. The van der Waals surface area contributed by atoms with Gasteiger partial charge in [-0.05, 0) is 33.2 Å². The molecular weight excluding hydrogens is 255 g/mol. The van der Waals surface area contributed by atoms with Crippen LogP contribution in [0, 0.1) is 17.2 Å². The fourth-order valence-electron chi connectivity index (χ4n) is 2.31. The Bertz CT molecular complexity index is 303. The molecule has 0 aliphatic carbocycles. The Labute approximate surface area is 112 Å². The van der Waals surface area contributed by atoms with Gasteiger partial charge in [0.05, 0.1) is 6.07 Å². The van der Waals surface area contributed by atoms with E-state index in [2.05, 4.69) is 5.32 Å². The molecule has 0 aromatic heterocycles. The molecule has 0 bridgehead atoms. The van der Waals surface area contributed by atoms with Gasteiger partial charge in [0.25, 0.3) is 0 Å². The summed E-state index contributed by atoms with van der Waals surface area (Å²) in [5.74, 6) is -1.90. The van der Waals surface area contributed by atoms with Crippen molar-refractivity contribution in [1.29, 1.82) is 5.26 Å². The normalized spacial score (nSPS) is 22.5. The van der Waals surface area contributed by atoms with E-state index in [9.17, 15) is 13.2 Å². The fourth-order valence-corrected chi connectivity index (χ4v) is 2.31. The summed E-state index contributed by atoms with van der Waals surface area (Å²) >= 11 is 0. The first-order valence-corrected chi connectivity index (χ1v) is 6.78. The number of nitriles is 1. The van der Waals surface area contributed by atoms with E-state index in [4.69, 9.17) is 5.26 Å². The minimum Gasteiger partial charge on any atom is -0.313 e. The van der Waals surface area contributed by atoms with E-state index in [0.717, 1.165) is 25.8 Å². The van der Waals surface area contributed by atoms with Gasteiger partial charge in [0.15, 0.2) is 5.92 Å². The second-order valence-electron chi connectivity index (χ2n) is 5.42. The highest BCUT2D eigenvalue weighted by Gasteiger charge is 2.41. The molecule has 2 atom stereocenters. The molecule has 19 heavy (non-hydrogen) atoms. The largest absolute Gasteiger partial charge is 0.405 e. The van der Waals surface area contributed by atoms with Gasteiger partial charge in [-0.1, -0.05) is 6.42 Å². The van der Waals surface area contributed by atoms with Gasteiger partial charge in [-0.25, -0.2) is 0 Å². The Kier molecular flexibility index (Phi) is 6.08. The number of nitrogens with one attached hydrogen (secondary N) is 1. The SMILES string of the molecule is CC(C)N(CC1CCCCN1)CC(C#N)C(F)(F)F. The Balaban J connectivity index is 2.59. The van der Waals surface area contributed by atoms with Gasteiger partial charge in [0.1, 0.15) is 0 Å². The van der Waals surface area contributed by atoms with Gasteiger partial charge in [0.2, 0.25) is 0 Å². The molecule has 1 heterocycles. The van der Waals surface area contributed by atoms with E-state index in [1.165, 1.54) is 6.07 Å². The van der Waals surface area contributed by atoms with E-state index < -0.39 is 12.1 Å². The molecular formula is C13H22F3N3. The van der Waals surface area contributed by atoms with E-state index in [1.807, 2.05) is 13.8 Å². The Morgan fingerprint density at radius 1 is 1.37 bits per heavy atom. The summed E-state index contributed by atoms with van der Waals surface area (Å²) in [6.45, 7) is 5.00. The molecule has 0 radical (unpaired) electrons. The van der Waals surface area contributed by atoms with Crippen LogP contribution in [-0.2, 0) is 0 Å². The summed E-state index contributed by atoms with van der Waals surface area (Å²) in [5.41, 5.74) is 0. The Morgan fingerprint density at radius 3 is 2.47 bits per heavy atom. The van der Waals surface area contributed by atoms with Crippen LogP contribution in [0.25, 0.3) is 0 Å². The lowest BCUT2D eigenvalue weighted by molar-refractivity contribution is -0.164. The first-order chi connectivity index (χ1) is 8.84. The van der Waals surface area contributed by atoms with Gasteiger partial charge in [-0.3, -0.25) is 4.90 Å². The van der Waals surface area contributed by atoms with Crippen LogP contribution in [0.3, 0.4) is 0 Å². The minimum atomic E-state index is -4.44. The molecule has 0 aromatic carbocycles. The van der Waals surface area contributed by atoms with Crippen molar-refractivity contribution < 1.29 is 13.2 Å². The van der Waals surface area contributed by atoms with E-state index in [1.54, 1.807) is 4.90 Å². The van der Waals surface area contributed by atoms with Crippen molar-refractivity contribution in [2.75, 3.05) is 19.6 Å². The van der Waals surface area contributed by atoms with Gasteiger partial charge in [-0.2, -0.15) is 18.4 Å². The second-order valence-corrected chi connectivity index (χ2v) is 5.42. The average Bonchev–Trinajstić information content (AvgIpc) is 2.33. The molecule has 0 spiro atoms. The van der Waals surface area contributed by atoms with Crippen LogP contribution in [-0.4, -0.2) is 42.8 Å². The standard InChI is InChI=1S/C13H22F3N3/c1-10(2)19(8-11(7-17)13(14,15)16)9-12-5-3-4-6-18-12/h10-12,18H,3-6,8-9H2,1-2H3. The molecule has 0 aromatic rings. The summed E-state index contributed by atoms with van der Waals surface area (Å²) in [7, 11) is 0. The fraction of sp³-hybridized carbons (Fsp3) is 0.923. The maximum atomic E-state index is 12.7. The van der Waals surface area contributed by atoms with Crippen molar-refractivity contribution in [1.82, 2.24) is 10.2 Å². The highest BCUT2D eigenvalue weighted by Crippen LogP contribution is 2.27. The van der Waals surface area contributed by atoms with Crippen molar-refractivity contribution in [3.63, 3.8) is 0 Å². The molecule has 1 N–H and O–H groups in total. The molecule has 0 saturated carbocycles. The molecule has 110 valence electrons. The summed E-state index contributed by atoms with van der Waals surface area (Å²) in [6.07, 6.45) is -1.21. The molecule has 1 aliphatic heterocycles. The third-order valence-electron chi connectivity index (χ3n) is 3.57. The van der Waals surface area contributed by atoms with Gasteiger partial charge >= 0.3 is 6.18 Å². The third-order valence-corrected chi connectivity index (χ3v) is 3.57. The van der Waals surface area contributed by atoms with Crippen molar-refractivity contribution in [2.24, 2.45) is 5.92 Å². The number of hydrogen-bond acceptors (Lipinski definition) is 3. The van der Waals surface area contributed by atoms with E-state index in [-0.39, 0.29) is 18.6 Å². The summed E-state index contributed by atoms with van der Waals surface area (Å²) in [4.78, 5) is 1.75. The minimum absolute atomic E-state index is 0.00178. The van der Waals surface area contributed by atoms with Crippen molar-refractivity contribution in [3.8, 4) is 6.07 Å². The molecule has 1 fully saturated rings. The van der Waals surface area contributed by atoms with Gasteiger partial charge in [0, 0.05) is 25.2 Å².